The van der Waals surface area contributed by atoms with Crippen LogP contribution in [-0.4, -0.2) is 10.6 Å². The second-order valence-electron chi connectivity index (χ2n) is 2.66. The topological polar surface area (TPSA) is 17.3 Å². The summed E-state index contributed by atoms with van der Waals surface area (Å²) in [6, 6.07) is 0.643. The monoisotopic (exact) mass is 190 g/mol. The van der Waals surface area contributed by atoms with Gasteiger partial charge in [-0.2, -0.15) is 0 Å². The summed E-state index contributed by atoms with van der Waals surface area (Å²) in [5, 5.41) is 2.07. The number of hydrogen-bond acceptors (Lipinski definition) is 2. The highest BCUT2D eigenvalue weighted by Gasteiger charge is 2.19. The van der Waals surface area contributed by atoms with E-state index in [1.54, 1.807) is 11.3 Å². The zero-order chi connectivity index (χ0) is 6.97. The molecule has 11 heavy (non-hydrogen) atoms. The summed E-state index contributed by atoms with van der Waals surface area (Å²) in [6.45, 7) is 0. The fraction of sp³-hybridized carbons (Fsp3) is 0.571. The summed E-state index contributed by atoms with van der Waals surface area (Å²) in [4.78, 5) is 5.67. The van der Waals surface area contributed by atoms with Crippen LogP contribution in [0, 0.1) is 0 Å². The van der Waals surface area contributed by atoms with Crippen LogP contribution < -0.4 is 4.80 Å². The van der Waals surface area contributed by atoms with Crippen molar-refractivity contribution in [1.82, 2.24) is 4.57 Å². The van der Waals surface area contributed by atoms with E-state index in [1.165, 1.54) is 12.8 Å². The summed E-state index contributed by atoms with van der Waals surface area (Å²) in [6.07, 6.45) is 4.63. The van der Waals surface area contributed by atoms with Gasteiger partial charge in [0.1, 0.15) is 0 Å². The van der Waals surface area contributed by atoms with E-state index in [4.69, 9.17) is 0 Å². The van der Waals surface area contributed by atoms with E-state index in [0.717, 1.165) is 4.80 Å². The number of aromatic nitrogens is 1. The number of rotatable bonds is 1. The first-order valence-corrected chi connectivity index (χ1v) is 4.38. The minimum Gasteiger partial charge on any atom is -0.327 e. The predicted octanol–water partition coefficient (Wildman–Crippen LogP) is 1.57. The van der Waals surface area contributed by atoms with E-state index in [-0.39, 0.29) is 12.4 Å². The Morgan fingerprint density at radius 3 is 2.82 bits per heavy atom. The molecule has 1 fully saturated rings. The molecule has 0 unspecified atom stereocenters. The zero-order valence-electron chi connectivity index (χ0n) is 6.36. The van der Waals surface area contributed by atoms with Crippen LogP contribution in [0.5, 0.6) is 0 Å². The average molecular weight is 191 g/mol. The van der Waals surface area contributed by atoms with Gasteiger partial charge in [-0.1, -0.05) is 0 Å². The standard InChI is InChI=1S/C7H10N2S.ClH/c1-9-4-5-10-7(9)8-6-2-3-6;/h4-6H,2-3H2,1H3;1H. The van der Waals surface area contributed by atoms with Gasteiger partial charge in [0.15, 0.2) is 4.80 Å². The van der Waals surface area contributed by atoms with E-state index in [0.29, 0.717) is 6.04 Å². The molecule has 0 N–H and O–H groups in total. The zero-order valence-corrected chi connectivity index (χ0v) is 7.99. The number of aryl methyl sites for hydroxylation is 1. The van der Waals surface area contributed by atoms with Gasteiger partial charge in [-0.3, -0.25) is 4.99 Å². The fourth-order valence-electron chi connectivity index (χ4n) is 0.811. The highest BCUT2D eigenvalue weighted by molar-refractivity contribution is 7.07. The van der Waals surface area contributed by atoms with Crippen molar-refractivity contribution >= 4 is 23.7 Å². The minimum absolute atomic E-state index is 0. The third-order valence-electron chi connectivity index (χ3n) is 1.60. The molecule has 4 heteroatoms. The van der Waals surface area contributed by atoms with Crippen LogP contribution in [0.25, 0.3) is 0 Å². The molecule has 1 heterocycles. The van der Waals surface area contributed by atoms with Gasteiger partial charge in [-0.25, -0.2) is 0 Å². The van der Waals surface area contributed by atoms with Gasteiger partial charge < -0.3 is 4.57 Å². The smallest absolute Gasteiger partial charge is 0.184 e. The molecule has 0 radical (unpaired) electrons. The van der Waals surface area contributed by atoms with E-state index in [9.17, 15) is 0 Å². The van der Waals surface area contributed by atoms with Crippen LogP contribution in [0.2, 0.25) is 0 Å². The van der Waals surface area contributed by atoms with Crippen LogP contribution in [-0.2, 0) is 7.05 Å². The van der Waals surface area contributed by atoms with E-state index in [1.807, 2.05) is 13.2 Å². The van der Waals surface area contributed by atoms with Crippen LogP contribution in [0.3, 0.4) is 0 Å². The SMILES string of the molecule is Cl.Cn1ccsc1=NC1CC1. The molecule has 1 aliphatic rings. The molecule has 0 bridgehead atoms. The van der Waals surface area contributed by atoms with Gasteiger partial charge in [0.25, 0.3) is 0 Å². The van der Waals surface area contributed by atoms with Gasteiger partial charge in [-0.15, -0.1) is 23.7 Å². The van der Waals surface area contributed by atoms with Crippen molar-refractivity contribution < 1.29 is 0 Å². The summed E-state index contributed by atoms with van der Waals surface area (Å²) < 4.78 is 2.07. The molecule has 62 valence electrons. The van der Waals surface area contributed by atoms with Crippen LogP contribution in [0.4, 0.5) is 0 Å². The Hall–Kier alpha value is -0.280. The Morgan fingerprint density at radius 1 is 1.64 bits per heavy atom. The van der Waals surface area contributed by atoms with Crippen molar-refractivity contribution in [3.63, 3.8) is 0 Å². The second-order valence-corrected chi connectivity index (χ2v) is 3.53. The Bertz CT molecular complexity index is 285. The maximum absolute atomic E-state index is 4.51. The number of nitrogens with zero attached hydrogens (tertiary/aromatic N) is 2. The molecule has 1 saturated carbocycles. The second kappa shape index (κ2) is 3.41. The van der Waals surface area contributed by atoms with Crippen molar-refractivity contribution in [3.05, 3.63) is 16.4 Å². The number of halogens is 1. The third kappa shape index (κ3) is 2.07. The first-order valence-electron chi connectivity index (χ1n) is 3.50. The molecule has 0 aromatic carbocycles. The van der Waals surface area contributed by atoms with Crippen LogP contribution in [0.1, 0.15) is 12.8 Å². The lowest BCUT2D eigenvalue weighted by Crippen LogP contribution is -2.09. The van der Waals surface area contributed by atoms with E-state index < -0.39 is 0 Å². The number of thiazole rings is 1. The van der Waals surface area contributed by atoms with Crippen molar-refractivity contribution in [2.24, 2.45) is 12.0 Å². The molecule has 1 aromatic rings. The van der Waals surface area contributed by atoms with Gasteiger partial charge >= 0.3 is 0 Å². The normalized spacial score (nSPS) is 18.1. The Kier molecular flexibility index (Phi) is 2.73. The molecular formula is C7H11ClN2S. The van der Waals surface area contributed by atoms with Gasteiger partial charge in [0, 0.05) is 18.6 Å². The maximum Gasteiger partial charge on any atom is 0.184 e. The Labute approximate surface area is 76.0 Å². The Morgan fingerprint density at radius 2 is 2.36 bits per heavy atom. The predicted molar refractivity (Wildman–Crippen MR) is 49.1 cm³/mol. The van der Waals surface area contributed by atoms with Crippen molar-refractivity contribution in [2.45, 2.75) is 18.9 Å². The largest absolute Gasteiger partial charge is 0.327 e. The lowest BCUT2D eigenvalue weighted by molar-refractivity contribution is 0.837. The van der Waals surface area contributed by atoms with E-state index >= 15 is 0 Å². The summed E-state index contributed by atoms with van der Waals surface area (Å²) >= 11 is 1.71. The van der Waals surface area contributed by atoms with Gasteiger partial charge in [0.2, 0.25) is 0 Å². The first-order chi connectivity index (χ1) is 4.86. The molecule has 1 aliphatic carbocycles. The summed E-state index contributed by atoms with van der Waals surface area (Å²) in [5.41, 5.74) is 0. The minimum atomic E-state index is 0. The summed E-state index contributed by atoms with van der Waals surface area (Å²) in [5.74, 6) is 0. The molecule has 0 amide bonds. The average Bonchev–Trinajstić information content (AvgIpc) is 2.62. The summed E-state index contributed by atoms with van der Waals surface area (Å²) in [7, 11) is 2.04. The molecule has 0 saturated heterocycles. The highest BCUT2D eigenvalue weighted by atomic mass is 35.5. The molecule has 0 spiro atoms. The van der Waals surface area contributed by atoms with Gasteiger partial charge in [0.05, 0.1) is 6.04 Å². The Balaban J connectivity index is 0.000000605. The molecular weight excluding hydrogens is 180 g/mol. The van der Waals surface area contributed by atoms with Crippen molar-refractivity contribution in [3.8, 4) is 0 Å². The highest BCUT2D eigenvalue weighted by Crippen LogP contribution is 2.22. The van der Waals surface area contributed by atoms with Crippen molar-refractivity contribution in [2.75, 3.05) is 0 Å². The van der Waals surface area contributed by atoms with E-state index in [2.05, 4.69) is 14.9 Å². The number of hydrogen-bond donors (Lipinski definition) is 0. The first kappa shape index (κ1) is 8.81. The van der Waals surface area contributed by atoms with Gasteiger partial charge in [-0.05, 0) is 12.8 Å². The van der Waals surface area contributed by atoms with Crippen molar-refractivity contribution in [1.29, 1.82) is 0 Å². The molecule has 0 atom stereocenters. The lowest BCUT2D eigenvalue weighted by atomic mass is 10.7. The molecule has 1 aromatic heterocycles. The molecule has 2 nitrogen and oxygen atoms in total. The lowest BCUT2D eigenvalue weighted by Gasteiger charge is -1.86. The molecule has 0 aliphatic heterocycles. The molecule has 2 rings (SSSR count). The van der Waals surface area contributed by atoms with Crippen LogP contribution >= 0.6 is 23.7 Å². The van der Waals surface area contributed by atoms with Crippen LogP contribution in [0.15, 0.2) is 16.6 Å². The quantitative estimate of drug-likeness (QED) is 0.640. The maximum atomic E-state index is 4.51. The fourth-order valence-corrected chi connectivity index (χ4v) is 1.61. The third-order valence-corrected chi connectivity index (χ3v) is 2.46.